The standard InChI is InChI=1S/C21H27N3O4S2/c1-28-19-8-6-18(7-9-19)22-11-13-23(14-12-22)21(25)17-4-2-10-24(16-17)30(26,27)20-5-3-15-29-20/h3,5-9,15,17H,2,4,10-14,16H2,1H3/t17-/m0/s1. The second-order valence-corrected chi connectivity index (χ2v) is 10.8. The molecule has 0 N–H and O–H groups in total. The molecule has 7 nitrogen and oxygen atoms in total. The normalized spacial score (nSPS) is 20.9. The molecular formula is C21H27N3O4S2. The Kier molecular flexibility index (Phi) is 6.31. The van der Waals surface area contributed by atoms with E-state index in [4.69, 9.17) is 4.74 Å². The summed E-state index contributed by atoms with van der Waals surface area (Å²) in [7, 11) is -1.85. The van der Waals surface area contributed by atoms with E-state index in [1.54, 1.807) is 24.6 Å². The molecule has 30 heavy (non-hydrogen) atoms. The molecule has 9 heteroatoms. The van der Waals surface area contributed by atoms with E-state index in [0.717, 1.165) is 30.9 Å². The van der Waals surface area contributed by atoms with Crippen LogP contribution in [0.4, 0.5) is 5.69 Å². The molecule has 2 aromatic rings. The summed E-state index contributed by atoms with van der Waals surface area (Å²) in [6.45, 7) is 3.59. The molecule has 1 amide bonds. The van der Waals surface area contributed by atoms with Crippen LogP contribution in [0.2, 0.25) is 0 Å². The van der Waals surface area contributed by atoms with Gasteiger partial charge in [-0.2, -0.15) is 4.31 Å². The number of piperidine rings is 1. The van der Waals surface area contributed by atoms with Crippen LogP contribution in [0.1, 0.15) is 12.8 Å². The van der Waals surface area contributed by atoms with Crippen LogP contribution in [0.15, 0.2) is 46.0 Å². The van der Waals surface area contributed by atoms with Crippen LogP contribution in [0, 0.1) is 5.92 Å². The molecule has 3 heterocycles. The Labute approximate surface area is 181 Å². The fraction of sp³-hybridized carbons (Fsp3) is 0.476. The summed E-state index contributed by atoms with van der Waals surface area (Å²) in [6, 6.07) is 11.3. The fourth-order valence-electron chi connectivity index (χ4n) is 4.14. The van der Waals surface area contributed by atoms with E-state index < -0.39 is 10.0 Å². The van der Waals surface area contributed by atoms with Crippen LogP contribution in [0.5, 0.6) is 5.75 Å². The molecule has 0 spiro atoms. The first kappa shape index (κ1) is 21.1. The van der Waals surface area contributed by atoms with Crippen molar-refractivity contribution >= 4 is 33.0 Å². The zero-order valence-corrected chi connectivity index (χ0v) is 18.7. The summed E-state index contributed by atoms with van der Waals surface area (Å²) in [5.74, 6) is 0.642. The van der Waals surface area contributed by atoms with E-state index in [1.807, 2.05) is 29.2 Å². The van der Waals surface area contributed by atoms with Gasteiger partial charge in [0.25, 0.3) is 10.0 Å². The topological polar surface area (TPSA) is 70.2 Å². The van der Waals surface area contributed by atoms with Gasteiger partial charge in [-0.15, -0.1) is 11.3 Å². The second kappa shape index (κ2) is 8.95. The van der Waals surface area contributed by atoms with Crippen LogP contribution in [-0.2, 0) is 14.8 Å². The Morgan fingerprint density at radius 2 is 1.80 bits per heavy atom. The summed E-state index contributed by atoms with van der Waals surface area (Å²) in [6.07, 6.45) is 1.46. The highest BCUT2D eigenvalue weighted by molar-refractivity contribution is 7.91. The minimum Gasteiger partial charge on any atom is -0.497 e. The maximum absolute atomic E-state index is 13.1. The lowest BCUT2D eigenvalue weighted by Gasteiger charge is -2.39. The van der Waals surface area contributed by atoms with E-state index >= 15 is 0 Å². The highest BCUT2D eigenvalue weighted by Crippen LogP contribution is 2.28. The van der Waals surface area contributed by atoms with Gasteiger partial charge in [0, 0.05) is 45.0 Å². The van der Waals surface area contributed by atoms with Crippen molar-refractivity contribution in [3.05, 3.63) is 41.8 Å². The van der Waals surface area contributed by atoms with E-state index in [9.17, 15) is 13.2 Å². The minimum absolute atomic E-state index is 0.0791. The number of sulfonamides is 1. The summed E-state index contributed by atoms with van der Waals surface area (Å²) >= 11 is 1.22. The number of hydrogen-bond donors (Lipinski definition) is 0. The molecule has 162 valence electrons. The fourth-order valence-corrected chi connectivity index (χ4v) is 6.80. The van der Waals surface area contributed by atoms with E-state index in [2.05, 4.69) is 4.90 Å². The van der Waals surface area contributed by atoms with Crippen LogP contribution >= 0.6 is 11.3 Å². The largest absolute Gasteiger partial charge is 0.497 e. The molecule has 2 fully saturated rings. The number of thiophene rings is 1. The Bertz CT molecular complexity index is 953. The lowest BCUT2D eigenvalue weighted by atomic mass is 9.97. The van der Waals surface area contributed by atoms with Crippen LogP contribution in [0.3, 0.4) is 0 Å². The lowest BCUT2D eigenvalue weighted by Crippen LogP contribution is -2.53. The number of ether oxygens (including phenoxy) is 1. The Hall–Kier alpha value is -2.10. The van der Waals surface area contributed by atoms with Gasteiger partial charge >= 0.3 is 0 Å². The molecule has 1 atom stereocenters. The van der Waals surface area contributed by atoms with Gasteiger partial charge in [0.05, 0.1) is 13.0 Å². The summed E-state index contributed by atoms with van der Waals surface area (Å²) in [5, 5.41) is 1.77. The van der Waals surface area contributed by atoms with E-state index in [1.165, 1.54) is 15.6 Å². The number of carbonyl (C=O) groups is 1. The number of anilines is 1. The molecule has 0 unspecified atom stereocenters. The predicted molar refractivity (Wildman–Crippen MR) is 118 cm³/mol. The number of rotatable bonds is 5. The van der Waals surface area contributed by atoms with Crippen LogP contribution < -0.4 is 9.64 Å². The first-order valence-electron chi connectivity index (χ1n) is 10.2. The highest BCUT2D eigenvalue weighted by Gasteiger charge is 2.36. The number of amides is 1. The van der Waals surface area contributed by atoms with Crippen LogP contribution in [0.25, 0.3) is 0 Å². The molecule has 1 aromatic carbocycles. The Morgan fingerprint density at radius 1 is 1.07 bits per heavy atom. The van der Waals surface area contributed by atoms with Gasteiger partial charge in [-0.1, -0.05) is 6.07 Å². The van der Waals surface area contributed by atoms with Crippen molar-refractivity contribution in [3.63, 3.8) is 0 Å². The molecule has 4 rings (SSSR count). The molecule has 2 aliphatic rings. The molecule has 0 saturated carbocycles. The van der Waals surface area contributed by atoms with Gasteiger partial charge in [0.15, 0.2) is 0 Å². The molecular weight excluding hydrogens is 422 g/mol. The smallest absolute Gasteiger partial charge is 0.252 e. The van der Waals surface area contributed by atoms with Crippen molar-refractivity contribution in [1.29, 1.82) is 0 Å². The quantitative estimate of drug-likeness (QED) is 0.702. The SMILES string of the molecule is COc1ccc(N2CCN(C(=O)[C@H]3CCCN(S(=O)(=O)c4cccs4)C3)CC2)cc1. The minimum atomic E-state index is -3.50. The molecule has 2 aliphatic heterocycles. The Morgan fingerprint density at radius 3 is 2.43 bits per heavy atom. The first-order valence-corrected chi connectivity index (χ1v) is 12.5. The monoisotopic (exact) mass is 449 g/mol. The third kappa shape index (κ3) is 4.33. The van der Waals surface area contributed by atoms with Gasteiger partial charge in [-0.25, -0.2) is 8.42 Å². The number of piperazine rings is 1. The summed E-state index contributed by atoms with van der Waals surface area (Å²) in [4.78, 5) is 17.3. The number of hydrogen-bond acceptors (Lipinski definition) is 6. The van der Waals surface area contributed by atoms with Gasteiger partial charge in [0.2, 0.25) is 5.91 Å². The number of carbonyl (C=O) groups excluding carboxylic acids is 1. The number of nitrogens with zero attached hydrogens (tertiary/aromatic N) is 3. The van der Waals surface area contributed by atoms with Crippen molar-refractivity contribution < 1.29 is 17.9 Å². The van der Waals surface area contributed by atoms with E-state index in [-0.39, 0.29) is 18.4 Å². The maximum Gasteiger partial charge on any atom is 0.252 e. The predicted octanol–water partition coefficient (Wildman–Crippen LogP) is 2.51. The van der Waals surface area contributed by atoms with Crippen molar-refractivity contribution in [2.24, 2.45) is 5.92 Å². The molecule has 1 aromatic heterocycles. The Balaban J connectivity index is 1.35. The highest BCUT2D eigenvalue weighted by atomic mass is 32.2. The van der Waals surface area contributed by atoms with E-state index in [0.29, 0.717) is 30.3 Å². The third-order valence-corrected chi connectivity index (χ3v) is 9.09. The molecule has 0 aliphatic carbocycles. The average molecular weight is 450 g/mol. The number of benzene rings is 1. The number of methoxy groups -OCH3 is 1. The van der Waals surface area contributed by atoms with Crippen molar-refractivity contribution in [3.8, 4) is 5.75 Å². The van der Waals surface area contributed by atoms with Gasteiger partial charge in [0.1, 0.15) is 9.96 Å². The van der Waals surface area contributed by atoms with Gasteiger partial charge in [-0.3, -0.25) is 4.79 Å². The van der Waals surface area contributed by atoms with Crippen molar-refractivity contribution in [2.75, 3.05) is 51.3 Å². The van der Waals surface area contributed by atoms with Crippen molar-refractivity contribution in [2.45, 2.75) is 17.1 Å². The van der Waals surface area contributed by atoms with Gasteiger partial charge in [-0.05, 0) is 48.6 Å². The molecule has 0 bridgehead atoms. The molecule has 2 saturated heterocycles. The summed E-state index contributed by atoms with van der Waals surface area (Å²) in [5.41, 5.74) is 1.12. The average Bonchev–Trinajstić information content (AvgIpc) is 3.35. The second-order valence-electron chi connectivity index (χ2n) is 7.64. The zero-order chi connectivity index (χ0) is 21.1. The van der Waals surface area contributed by atoms with Crippen LogP contribution in [-0.4, -0.2) is 69.9 Å². The molecule has 0 radical (unpaired) electrons. The summed E-state index contributed by atoms with van der Waals surface area (Å²) < 4.78 is 32.7. The zero-order valence-electron chi connectivity index (χ0n) is 17.1. The lowest BCUT2D eigenvalue weighted by molar-refractivity contribution is -0.137. The van der Waals surface area contributed by atoms with Crippen molar-refractivity contribution in [1.82, 2.24) is 9.21 Å². The maximum atomic E-state index is 13.1. The third-order valence-electron chi connectivity index (χ3n) is 5.85. The first-order chi connectivity index (χ1) is 14.5. The van der Waals surface area contributed by atoms with Gasteiger partial charge < -0.3 is 14.5 Å².